The third-order valence-corrected chi connectivity index (χ3v) is 3.71. The number of nitrogens with two attached hydrogens (primary N) is 1. The molecule has 1 aliphatic rings. The second-order valence-corrected chi connectivity index (χ2v) is 5.02. The van der Waals surface area contributed by atoms with E-state index in [4.69, 9.17) is 10.5 Å². The summed E-state index contributed by atoms with van der Waals surface area (Å²) in [7, 11) is 0. The molecule has 1 saturated heterocycles. The maximum atomic E-state index is 5.88. The lowest BCUT2D eigenvalue weighted by Gasteiger charge is -2.35. The Morgan fingerprint density at radius 2 is 2.26 bits per heavy atom. The number of benzene rings is 1. The lowest BCUT2D eigenvalue weighted by atomic mass is 10.2. The van der Waals surface area contributed by atoms with Gasteiger partial charge in [-0.15, -0.1) is 0 Å². The smallest absolute Gasteiger partial charge is 0.0877 e. The highest BCUT2D eigenvalue weighted by Gasteiger charge is 2.21. The third-order valence-electron chi connectivity index (χ3n) is 3.71. The van der Waals surface area contributed by atoms with Crippen LogP contribution in [0, 0.1) is 0 Å². The van der Waals surface area contributed by atoms with Gasteiger partial charge in [-0.2, -0.15) is 0 Å². The molecule has 1 aromatic carbocycles. The normalized spacial score (nSPS) is 20.4. The summed E-state index contributed by atoms with van der Waals surface area (Å²) in [6.07, 6.45) is 0.287. The van der Waals surface area contributed by atoms with E-state index in [1.807, 2.05) is 18.2 Å². The van der Waals surface area contributed by atoms with Crippen molar-refractivity contribution >= 4 is 11.4 Å². The number of anilines is 2. The molecule has 1 fully saturated rings. The maximum absolute atomic E-state index is 5.88. The van der Waals surface area contributed by atoms with Crippen molar-refractivity contribution in [1.29, 1.82) is 0 Å². The standard InChI is InChI=1S/C15H25N3O/c1-3-17-8-9-19-15(11-17)12-18(4-2)14-7-5-6-13(16)10-14/h5-7,10,15H,3-4,8-9,11-12,16H2,1-2H3. The van der Waals surface area contributed by atoms with Gasteiger partial charge in [0, 0.05) is 37.6 Å². The summed E-state index contributed by atoms with van der Waals surface area (Å²) in [5.41, 5.74) is 7.86. The van der Waals surface area contributed by atoms with E-state index in [1.165, 1.54) is 5.69 Å². The van der Waals surface area contributed by atoms with Crippen LogP contribution in [0.1, 0.15) is 13.8 Å². The Morgan fingerprint density at radius 3 is 2.95 bits per heavy atom. The van der Waals surface area contributed by atoms with Crippen LogP contribution in [0.15, 0.2) is 24.3 Å². The highest BCUT2D eigenvalue weighted by atomic mass is 16.5. The molecule has 4 nitrogen and oxygen atoms in total. The summed E-state index contributed by atoms with van der Waals surface area (Å²) < 4.78 is 5.88. The predicted molar refractivity (Wildman–Crippen MR) is 80.6 cm³/mol. The monoisotopic (exact) mass is 263 g/mol. The molecule has 4 heteroatoms. The minimum atomic E-state index is 0.287. The summed E-state index contributed by atoms with van der Waals surface area (Å²) >= 11 is 0. The van der Waals surface area contributed by atoms with Crippen LogP contribution in [-0.4, -0.2) is 50.3 Å². The molecule has 1 heterocycles. The third kappa shape index (κ3) is 3.85. The molecular formula is C15H25N3O. The number of ether oxygens (including phenoxy) is 1. The first kappa shape index (κ1) is 14.2. The van der Waals surface area contributed by atoms with Crippen molar-refractivity contribution in [2.45, 2.75) is 20.0 Å². The number of nitrogen functional groups attached to an aromatic ring is 1. The highest BCUT2D eigenvalue weighted by Crippen LogP contribution is 2.19. The topological polar surface area (TPSA) is 41.7 Å². The zero-order valence-corrected chi connectivity index (χ0v) is 12.0. The fourth-order valence-corrected chi connectivity index (χ4v) is 2.56. The van der Waals surface area contributed by atoms with Crippen LogP contribution < -0.4 is 10.6 Å². The van der Waals surface area contributed by atoms with Gasteiger partial charge in [-0.1, -0.05) is 13.0 Å². The summed E-state index contributed by atoms with van der Waals surface area (Å²) in [5.74, 6) is 0. The summed E-state index contributed by atoms with van der Waals surface area (Å²) in [5, 5.41) is 0. The van der Waals surface area contributed by atoms with Gasteiger partial charge in [-0.25, -0.2) is 0 Å². The minimum absolute atomic E-state index is 0.287. The lowest BCUT2D eigenvalue weighted by molar-refractivity contribution is -0.0220. The Bertz CT molecular complexity index is 397. The van der Waals surface area contributed by atoms with Gasteiger partial charge in [0.15, 0.2) is 0 Å². The van der Waals surface area contributed by atoms with Crippen LogP contribution >= 0.6 is 0 Å². The van der Waals surface area contributed by atoms with Crippen molar-refractivity contribution in [3.63, 3.8) is 0 Å². The molecule has 106 valence electrons. The number of nitrogens with zero attached hydrogens (tertiary/aromatic N) is 2. The molecule has 1 unspecified atom stereocenters. The molecule has 0 saturated carbocycles. The zero-order valence-electron chi connectivity index (χ0n) is 12.0. The van der Waals surface area contributed by atoms with Crippen LogP contribution in [0.4, 0.5) is 11.4 Å². The van der Waals surface area contributed by atoms with Crippen LogP contribution in [0.2, 0.25) is 0 Å². The summed E-state index contributed by atoms with van der Waals surface area (Å²) in [6.45, 7) is 10.3. The molecule has 0 spiro atoms. The average molecular weight is 263 g/mol. The Kier molecular flexibility index (Phi) is 5.05. The van der Waals surface area contributed by atoms with Crippen LogP contribution in [0.3, 0.4) is 0 Å². The van der Waals surface area contributed by atoms with Gasteiger partial charge in [0.25, 0.3) is 0 Å². The van der Waals surface area contributed by atoms with Gasteiger partial charge < -0.3 is 15.4 Å². The van der Waals surface area contributed by atoms with Crippen molar-refractivity contribution in [1.82, 2.24) is 4.90 Å². The SMILES string of the molecule is CCN1CCOC(CN(CC)c2cccc(N)c2)C1. The Morgan fingerprint density at radius 1 is 1.42 bits per heavy atom. The van der Waals surface area contributed by atoms with E-state index in [-0.39, 0.29) is 6.10 Å². The van der Waals surface area contributed by atoms with Crippen molar-refractivity contribution in [3.05, 3.63) is 24.3 Å². The average Bonchev–Trinajstić information content (AvgIpc) is 2.45. The van der Waals surface area contributed by atoms with E-state index in [1.54, 1.807) is 0 Å². The van der Waals surface area contributed by atoms with Gasteiger partial charge in [0.2, 0.25) is 0 Å². The van der Waals surface area contributed by atoms with Gasteiger partial charge in [0.05, 0.1) is 12.7 Å². The number of likely N-dealkylation sites (N-methyl/N-ethyl adjacent to an activating group) is 2. The molecule has 0 radical (unpaired) electrons. The van der Waals surface area contributed by atoms with E-state index in [9.17, 15) is 0 Å². The highest BCUT2D eigenvalue weighted by molar-refractivity contribution is 5.55. The molecule has 0 amide bonds. The van der Waals surface area contributed by atoms with E-state index in [0.29, 0.717) is 0 Å². The number of hydrogen-bond acceptors (Lipinski definition) is 4. The van der Waals surface area contributed by atoms with Gasteiger partial charge in [0.1, 0.15) is 0 Å². The maximum Gasteiger partial charge on any atom is 0.0877 e. The molecule has 0 aromatic heterocycles. The van der Waals surface area contributed by atoms with Crippen LogP contribution in [-0.2, 0) is 4.74 Å². The van der Waals surface area contributed by atoms with Crippen molar-refractivity contribution in [3.8, 4) is 0 Å². The lowest BCUT2D eigenvalue weighted by Crippen LogP contribution is -2.47. The first-order valence-electron chi connectivity index (χ1n) is 7.17. The van der Waals surface area contributed by atoms with E-state index in [0.717, 1.165) is 45.0 Å². The molecular weight excluding hydrogens is 238 g/mol. The number of rotatable bonds is 5. The number of hydrogen-bond donors (Lipinski definition) is 1. The molecule has 2 rings (SSSR count). The quantitative estimate of drug-likeness (QED) is 0.823. The van der Waals surface area contributed by atoms with E-state index in [2.05, 4.69) is 29.7 Å². The second-order valence-electron chi connectivity index (χ2n) is 5.02. The van der Waals surface area contributed by atoms with Crippen molar-refractivity contribution in [2.75, 3.05) is 50.0 Å². The minimum Gasteiger partial charge on any atom is -0.399 e. The van der Waals surface area contributed by atoms with Crippen LogP contribution in [0.5, 0.6) is 0 Å². The summed E-state index contributed by atoms with van der Waals surface area (Å²) in [6, 6.07) is 8.07. The fraction of sp³-hybridized carbons (Fsp3) is 0.600. The van der Waals surface area contributed by atoms with E-state index >= 15 is 0 Å². The molecule has 19 heavy (non-hydrogen) atoms. The van der Waals surface area contributed by atoms with Crippen molar-refractivity contribution in [2.24, 2.45) is 0 Å². The molecule has 1 atom stereocenters. The van der Waals surface area contributed by atoms with Crippen molar-refractivity contribution < 1.29 is 4.74 Å². The molecule has 0 aliphatic carbocycles. The molecule has 0 bridgehead atoms. The largest absolute Gasteiger partial charge is 0.399 e. The van der Waals surface area contributed by atoms with Gasteiger partial charge >= 0.3 is 0 Å². The van der Waals surface area contributed by atoms with Gasteiger partial charge in [-0.3, -0.25) is 4.90 Å². The first-order chi connectivity index (χ1) is 9.22. The fourth-order valence-electron chi connectivity index (χ4n) is 2.56. The number of morpholine rings is 1. The summed E-state index contributed by atoms with van der Waals surface area (Å²) in [4.78, 5) is 4.78. The molecule has 1 aromatic rings. The Balaban J connectivity index is 1.99. The second kappa shape index (κ2) is 6.78. The molecule has 1 aliphatic heterocycles. The molecule has 2 N–H and O–H groups in total. The van der Waals surface area contributed by atoms with E-state index < -0.39 is 0 Å². The van der Waals surface area contributed by atoms with Crippen LogP contribution in [0.25, 0.3) is 0 Å². The Labute approximate surface area is 116 Å². The predicted octanol–water partition coefficient (Wildman–Crippen LogP) is 1.82. The van der Waals surface area contributed by atoms with Gasteiger partial charge in [-0.05, 0) is 31.7 Å². The first-order valence-corrected chi connectivity index (χ1v) is 7.17. The zero-order chi connectivity index (χ0) is 13.7. The Hall–Kier alpha value is -1.26.